The van der Waals surface area contributed by atoms with Crippen LogP contribution in [-0.4, -0.2) is 49.7 Å². The summed E-state index contributed by atoms with van der Waals surface area (Å²) in [5.41, 5.74) is 0.982. The Morgan fingerprint density at radius 2 is 2.08 bits per heavy atom. The van der Waals surface area contributed by atoms with Crippen LogP contribution in [0.25, 0.3) is 0 Å². The van der Waals surface area contributed by atoms with Crippen LogP contribution in [0.2, 0.25) is 0 Å². The van der Waals surface area contributed by atoms with Crippen LogP contribution in [0.5, 0.6) is 11.6 Å². The zero-order chi connectivity index (χ0) is 17.9. The van der Waals surface area contributed by atoms with Crippen LogP contribution < -0.4 is 14.8 Å². The molecule has 0 saturated carbocycles. The van der Waals surface area contributed by atoms with E-state index in [0.29, 0.717) is 37.7 Å². The standard InChI is InChI=1S/C17H28N2O5/c1-12(2)14(19-17(20)21)7-6-13-10-15(16(23-4)18-11-13)24-9-5-8-22-3/h10-12,14,19H,5-9H2,1-4H3,(H,20,21). The maximum Gasteiger partial charge on any atom is 0.404 e. The number of hydrogen-bond donors (Lipinski definition) is 2. The first-order valence-electron chi connectivity index (χ1n) is 8.12. The molecule has 0 radical (unpaired) electrons. The van der Waals surface area contributed by atoms with Crippen LogP contribution in [0.15, 0.2) is 12.3 Å². The average molecular weight is 340 g/mol. The molecule has 0 fully saturated rings. The highest BCUT2D eigenvalue weighted by molar-refractivity contribution is 5.64. The second kappa shape index (κ2) is 10.7. The molecular weight excluding hydrogens is 312 g/mol. The average Bonchev–Trinajstić information content (AvgIpc) is 2.55. The van der Waals surface area contributed by atoms with E-state index in [9.17, 15) is 4.79 Å². The second-order valence-electron chi connectivity index (χ2n) is 5.88. The Labute approximate surface area is 143 Å². The SMILES string of the molecule is COCCCOc1cc(CCC(NC(=O)O)C(C)C)cnc1OC. The lowest BCUT2D eigenvalue weighted by Gasteiger charge is -2.20. The molecule has 0 aliphatic heterocycles. The fraction of sp³-hybridized carbons (Fsp3) is 0.647. The third kappa shape index (κ3) is 7.04. The van der Waals surface area contributed by atoms with Gasteiger partial charge in [-0.3, -0.25) is 0 Å². The summed E-state index contributed by atoms with van der Waals surface area (Å²) in [6.07, 6.45) is 2.92. The molecule has 0 bridgehead atoms. The van der Waals surface area contributed by atoms with Crippen LogP contribution in [0.4, 0.5) is 4.79 Å². The summed E-state index contributed by atoms with van der Waals surface area (Å²) in [5, 5.41) is 11.5. The summed E-state index contributed by atoms with van der Waals surface area (Å²) in [4.78, 5) is 15.1. The summed E-state index contributed by atoms with van der Waals surface area (Å²) < 4.78 is 15.9. The highest BCUT2D eigenvalue weighted by Crippen LogP contribution is 2.26. The van der Waals surface area contributed by atoms with Crippen molar-refractivity contribution in [2.75, 3.05) is 27.4 Å². The number of ether oxygens (including phenoxy) is 3. The number of methoxy groups -OCH3 is 2. The minimum absolute atomic E-state index is 0.101. The highest BCUT2D eigenvalue weighted by Gasteiger charge is 2.16. The smallest absolute Gasteiger partial charge is 0.404 e. The summed E-state index contributed by atoms with van der Waals surface area (Å²) in [6.45, 7) is 5.14. The monoisotopic (exact) mass is 340 g/mol. The van der Waals surface area contributed by atoms with Gasteiger partial charge in [0.05, 0.1) is 13.7 Å². The Morgan fingerprint density at radius 3 is 2.67 bits per heavy atom. The van der Waals surface area contributed by atoms with Gasteiger partial charge in [-0.05, 0) is 30.4 Å². The van der Waals surface area contributed by atoms with E-state index >= 15 is 0 Å². The van der Waals surface area contributed by atoms with Crippen molar-refractivity contribution in [2.24, 2.45) is 5.92 Å². The van der Waals surface area contributed by atoms with Crippen molar-refractivity contribution in [3.8, 4) is 11.6 Å². The molecular formula is C17H28N2O5. The van der Waals surface area contributed by atoms with Crippen LogP contribution >= 0.6 is 0 Å². The van der Waals surface area contributed by atoms with Gasteiger partial charge in [0.1, 0.15) is 0 Å². The molecule has 0 saturated heterocycles. The number of nitrogens with zero attached hydrogens (tertiary/aromatic N) is 1. The summed E-state index contributed by atoms with van der Waals surface area (Å²) in [6, 6.07) is 1.80. The Balaban J connectivity index is 2.68. The molecule has 1 amide bonds. The van der Waals surface area contributed by atoms with Gasteiger partial charge >= 0.3 is 6.09 Å². The zero-order valence-corrected chi connectivity index (χ0v) is 14.9. The molecule has 2 N–H and O–H groups in total. The zero-order valence-electron chi connectivity index (χ0n) is 14.9. The van der Waals surface area contributed by atoms with Crippen molar-refractivity contribution in [1.29, 1.82) is 0 Å². The molecule has 1 aromatic heterocycles. The molecule has 7 heteroatoms. The summed E-state index contributed by atoms with van der Waals surface area (Å²) in [5.74, 6) is 1.26. The van der Waals surface area contributed by atoms with E-state index in [0.717, 1.165) is 12.0 Å². The number of rotatable bonds is 11. The first kappa shape index (κ1) is 20.0. The predicted octanol–water partition coefficient (Wildman–Crippen LogP) is 2.73. The molecule has 1 atom stereocenters. The van der Waals surface area contributed by atoms with Crippen molar-refractivity contribution < 1.29 is 24.1 Å². The van der Waals surface area contributed by atoms with Crippen LogP contribution in [0.1, 0.15) is 32.3 Å². The van der Waals surface area contributed by atoms with Crippen molar-refractivity contribution >= 4 is 6.09 Å². The lowest BCUT2D eigenvalue weighted by molar-refractivity contribution is 0.170. The topological polar surface area (TPSA) is 89.9 Å². The van der Waals surface area contributed by atoms with E-state index in [1.54, 1.807) is 20.4 Å². The fourth-order valence-corrected chi connectivity index (χ4v) is 2.30. The summed E-state index contributed by atoms with van der Waals surface area (Å²) in [7, 11) is 3.20. The first-order valence-corrected chi connectivity index (χ1v) is 8.12. The first-order chi connectivity index (χ1) is 11.5. The van der Waals surface area contributed by atoms with Gasteiger partial charge in [-0.1, -0.05) is 13.8 Å². The van der Waals surface area contributed by atoms with E-state index in [-0.39, 0.29) is 12.0 Å². The number of amides is 1. The molecule has 0 spiro atoms. The number of carboxylic acid groups (broad SMARTS) is 1. The van der Waals surface area contributed by atoms with Gasteiger partial charge in [0.2, 0.25) is 0 Å². The molecule has 0 aromatic carbocycles. The molecule has 0 aliphatic carbocycles. The van der Waals surface area contributed by atoms with E-state index in [2.05, 4.69) is 10.3 Å². The molecule has 1 rings (SSSR count). The molecule has 7 nitrogen and oxygen atoms in total. The van der Waals surface area contributed by atoms with Gasteiger partial charge < -0.3 is 24.6 Å². The molecule has 0 aliphatic rings. The van der Waals surface area contributed by atoms with Gasteiger partial charge in [0.15, 0.2) is 5.75 Å². The third-order valence-corrected chi connectivity index (χ3v) is 3.68. The van der Waals surface area contributed by atoms with Gasteiger partial charge in [-0.25, -0.2) is 9.78 Å². The maximum atomic E-state index is 10.9. The summed E-state index contributed by atoms with van der Waals surface area (Å²) >= 11 is 0. The van der Waals surface area contributed by atoms with Crippen LogP contribution in [0.3, 0.4) is 0 Å². The van der Waals surface area contributed by atoms with E-state index in [1.807, 2.05) is 19.9 Å². The quantitative estimate of drug-likeness (QED) is 0.602. The van der Waals surface area contributed by atoms with Crippen molar-refractivity contribution in [3.63, 3.8) is 0 Å². The van der Waals surface area contributed by atoms with E-state index in [4.69, 9.17) is 19.3 Å². The molecule has 1 unspecified atom stereocenters. The fourth-order valence-electron chi connectivity index (χ4n) is 2.30. The normalized spacial score (nSPS) is 12.0. The maximum absolute atomic E-state index is 10.9. The van der Waals surface area contributed by atoms with Crippen molar-refractivity contribution in [3.05, 3.63) is 17.8 Å². The number of hydrogen-bond acceptors (Lipinski definition) is 5. The van der Waals surface area contributed by atoms with Gasteiger partial charge in [0.25, 0.3) is 5.88 Å². The predicted molar refractivity (Wildman–Crippen MR) is 90.9 cm³/mol. The minimum Gasteiger partial charge on any atom is -0.488 e. The van der Waals surface area contributed by atoms with Crippen LogP contribution in [-0.2, 0) is 11.2 Å². The largest absolute Gasteiger partial charge is 0.488 e. The van der Waals surface area contributed by atoms with Crippen molar-refractivity contribution in [2.45, 2.75) is 39.2 Å². The number of nitrogens with one attached hydrogen (secondary N) is 1. The molecule has 1 aromatic rings. The van der Waals surface area contributed by atoms with Gasteiger partial charge in [-0.2, -0.15) is 0 Å². The lowest BCUT2D eigenvalue weighted by Crippen LogP contribution is -2.37. The molecule has 1 heterocycles. The molecule has 24 heavy (non-hydrogen) atoms. The van der Waals surface area contributed by atoms with Gasteiger partial charge in [-0.15, -0.1) is 0 Å². The van der Waals surface area contributed by atoms with Crippen LogP contribution in [0, 0.1) is 5.92 Å². The van der Waals surface area contributed by atoms with E-state index < -0.39 is 6.09 Å². The van der Waals surface area contributed by atoms with Crippen molar-refractivity contribution in [1.82, 2.24) is 10.3 Å². The Kier molecular flexibility index (Phi) is 8.93. The number of pyridine rings is 1. The van der Waals surface area contributed by atoms with Gasteiger partial charge in [0, 0.05) is 32.4 Å². The van der Waals surface area contributed by atoms with E-state index in [1.165, 1.54) is 0 Å². The number of aryl methyl sites for hydroxylation is 1. The Morgan fingerprint density at radius 1 is 1.33 bits per heavy atom. The number of aromatic nitrogens is 1. The second-order valence-corrected chi connectivity index (χ2v) is 5.88. The third-order valence-electron chi connectivity index (χ3n) is 3.68. The number of carbonyl (C=O) groups is 1. The Bertz CT molecular complexity index is 508. The highest BCUT2D eigenvalue weighted by atomic mass is 16.5. The molecule has 136 valence electrons. The minimum atomic E-state index is -0.997. The lowest BCUT2D eigenvalue weighted by atomic mass is 9.97. The Hall–Kier alpha value is -2.02.